The molecule has 13 heavy (non-hydrogen) atoms. The maximum absolute atomic E-state index is 4.48. The van der Waals surface area contributed by atoms with Gasteiger partial charge in [0.25, 0.3) is 0 Å². The molecule has 64 valence electrons. The molecule has 0 atom stereocenters. The zero-order valence-corrected chi connectivity index (χ0v) is 8.87. The molecule has 3 rings (SSSR count). The van der Waals surface area contributed by atoms with Crippen LogP contribution >= 0.6 is 0 Å². The van der Waals surface area contributed by atoms with Crippen LogP contribution in [0.1, 0.15) is 17.5 Å². The van der Waals surface area contributed by atoms with Gasteiger partial charge in [0.2, 0.25) is 0 Å². The Morgan fingerprint density at radius 1 is 1.31 bits per heavy atom. The van der Waals surface area contributed by atoms with Crippen molar-refractivity contribution in [2.75, 3.05) is 0 Å². The molecule has 0 N–H and O–H groups in total. The predicted octanol–water partition coefficient (Wildman–Crippen LogP) is 2.25. The Balaban J connectivity index is 2.42. The average molecular weight is 234 g/mol. The van der Waals surface area contributed by atoms with Crippen LogP contribution in [0.5, 0.6) is 0 Å². The quantitative estimate of drug-likeness (QED) is 0.637. The summed E-state index contributed by atoms with van der Waals surface area (Å²) in [6.45, 7) is 0. The van der Waals surface area contributed by atoms with Crippen LogP contribution in [0.2, 0.25) is 0 Å². The Morgan fingerprint density at radius 2 is 2.31 bits per heavy atom. The van der Waals surface area contributed by atoms with E-state index < -0.39 is 0 Å². The molecule has 0 amide bonds. The number of aromatic nitrogens is 1. The third-order valence-corrected chi connectivity index (χ3v) is 4.17. The van der Waals surface area contributed by atoms with E-state index in [1.54, 1.807) is 0 Å². The fourth-order valence-electron chi connectivity index (χ4n) is 1.86. The second-order valence-corrected chi connectivity index (χ2v) is 5.13. The Bertz CT molecular complexity index is 482. The molecular weight excluding hydrogens is 225 g/mol. The third kappa shape index (κ3) is 1.10. The van der Waals surface area contributed by atoms with Gasteiger partial charge in [-0.25, -0.2) is 0 Å². The predicted molar refractivity (Wildman–Crippen MR) is 56.0 cm³/mol. The Kier molecular flexibility index (Phi) is 1.64. The van der Waals surface area contributed by atoms with Crippen molar-refractivity contribution >= 4 is 30.4 Å². The van der Waals surface area contributed by atoms with Gasteiger partial charge in [0, 0.05) is 0 Å². The molecule has 0 radical (unpaired) electrons. The Morgan fingerprint density at radius 3 is 3.31 bits per heavy atom. The minimum absolute atomic E-state index is 0.492. The van der Waals surface area contributed by atoms with E-state index in [-0.39, 0.29) is 0 Å². The van der Waals surface area contributed by atoms with Crippen molar-refractivity contribution in [2.24, 2.45) is 0 Å². The van der Waals surface area contributed by atoms with Gasteiger partial charge in [-0.1, -0.05) is 0 Å². The molecule has 0 fully saturated rings. The first-order chi connectivity index (χ1) is 6.45. The normalized spacial score (nSPS) is 14.8. The van der Waals surface area contributed by atoms with Gasteiger partial charge in [0.05, 0.1) is 0 Å². The van der Waals surface area contributed by atoms with Gasteiger partial charge in [-0.05, 0) is 0 Å². The number of rotatable bonds is 0. The van der Waals surface area contributed by atoms with Crippen LogP contribution < -0.4 is 0 Å². The van der Waals surface area contributed by atoms with Crippen LogP contribution in [0.3, 0.4) is 0 Å². The Labute approximate surface area is 82.9 Å². The summed E-state index contributed by atoms with van der Waals surface area (Å²) in [5.74, 6) is 0. The number of nitrogens with zero attached hydrogens (tertiary/aromatic N) is 1. The van der Waals surface area contributed by atoms with Crippen molar-refractivity contribution in [2.45, 2.75) is 12.8 Å². The number of hydrogen-bond donors (Lipinski definition) is 0. The van der Waals surface area contributed by atoms with E-state index in [2.05, 4.69) is 34.3 Å². The van der Waals surface area contributed by atoms with Gasteiger partial charge in [0.1, 0.15) is 0 Å². The number of fused-ring (bicyclic) bond motifs is 3. The molecule has 0 saturated heterocycles. The van der Waals surface area contributed by atoms with Crippen molar-refractivity contribution in [3.8, 4) is 0 Å². The first-order valence-electron chi connectivity index (χ1n) is 4.47. The number of allylic oxidation sites excluding steroid dienone is 1. The van der Waals surface area contributed by atoms with Crippen molar-refractivity contribution < 1.29 is 0 Å². The van der Waals surface area contributed by atoms with Gasteiger partial charge in [-0.2, -0.15) is 0 Å². The molecule has 1 heterocycles. The molecule has 1 aromatic carbocycles. The van der Waals surface area contributed by atoms with Gasteiger partial charge in [0.15, 0.2) is 0 Å². The van der Waals surface area contributed by atoms with E-state index in [4.69, 9.17) is 0 Å². The van der Waals surface area contributed by atoms with E-state index in [0.29, 0.717) is 14.5 Å². The average Bonchev–Trinajstić information content (AvgIpc) is 2.65. The molecule has 0 bridgehead atoms. The molecule has 2 heteroatoms. The summed E-state index contributed by atoms with van der Waals surface area (Å²) in [6.07, 6.45) is 6.81. The standard InChI is InChI=1S/C11H9NSe/c1-2-4-9-8(3-1)5-6-10-11(9)12-7-13-10/h1,3,5-7H,2,4H2. The third-order valence-electron chi connectivity index (χ3n) is 2.50. The van der Waals surface area contributed by atoms with Crippen LogP contribution in [0.4, 0.5) is 0 Å². The van der Waals surface area contributed by atoms with Gasteiger partial charge in [-0.3, -0.25) is 0 Å². The van der Waals surface area contributed by atoms with Crippen LogP contribution in [0.25, 0.3) is 15.9 Å². The molecule has 0 spiro atoms. The van der Waals surface area contributed by atoms with E-state index in [1.165, 1.54) is 33.7 Å². The van der Waals surface area contributed by atoms with Crippen molar-refractivity contribution in [1.82, 2.24) is 4.98 Å². The van der Waals surface area contributed by atoms with E-state index in [1.807, 2.05) is 0 Å². The summed E-state index contributed by atoms with van der Waals surface area (Å²) in [5, 5.41) is 2.08. The van der Waals surface area contributed by atoms with Gasteiger partial charge >= 0.3 is 82.6 Å². The van der Waals surface area contributed by atoms with Crippen LogP contribution in [-0.2, 0) is 6.42 Å². The molecule has 1 aromatic heterocycles. The number of aryl methyl sites for hydroxylation is 1. The first-order valence-corrected chi connectivity index (χ1v) is 6.31. The topological polar surface area (TPSA) is 12.9 Å². The van der Waals surface area contributed by atoms with Crippen molar-refractivity contribution in [1.29, 1.82) is 0 Å². The molecule has 0 unspecified atom stereocenters. The molecule has 1 aliphatic carbocycles. The van der Waals surface area contributed by atoms with Crippen molar-refractivity contribution in [3.63, 3.8) is 0 Å². The number of benzene rings is 1. The summed E-state index contributed by atoms with van der Waals surface area (Å²) in [6, 6.07) is 4.47. The van der Waals surface area contributed by atoms with Gasteiger partial charge < -0.3 is 0 Å². The number of hydrogen-bond acceptors (Lipinski definition) is 1. The zero-order chi connectivity index (χ0) is 8.67. The summed E-state index contributed by atoms with van der Waals surface area (Å²) in [5.41, 5.74) is 4.12. The summed E-state index contributed by atoms with van der Waals surface area (Å²) in [4.78, 5) is 4.48. The minimum atomic E-state index is 0.492. The van der Waals surface area contributed by atoms with E-state index in [9.17, 15) is 0 Å². The Hall–Kier alpha value is -0.851. The van der Waals surface area contributed by atoms with E-state index >= 15 is 0 Å². The monoisotopic (exact) mass is 235 g/mol. The van der Waals surface area contributed by atoms with Crippen molar-refractivity contribution in [3.05, 3.63) is 34.4 Å². The molecular formula is C11H9NSe. The fourth-order valence-corrected chi connectivity index (χ4v) is 3.34. The molecule has 1 aliphatic rings. The second-order valence-electron chi connectivity index (χ2n) is 3.27. The zero-order valence-electron chi connectivity index (χ0n) is 7.16. The van der Waals surface area contributed by atoms with E-state index in [0.717, 1.165) is 0 Å². The van der Waals surface area contributed by atoms with Crippen LogP contribution in [0, 0.1) is 0 Å². The fraction of sp³-hybridized carbons (Fsp3) is 0.182. The first kappa shape index (κ1) is 7.54. The molecule has 0 aliphatic heterocycles. The summed E-state index contributed by atoms with van der Waals surface area (Å²) < 4.78 is 1.46. The maximum atomic E-state index is 4.48. The molecule has 1 nitrogen and oxygen atoms in total. The summed E-state index contributed by atoms with van der Waals surface area (Å²) >= 11 is 0.492. The van der Waals surface area contributed by atoms with Gasteiger partial charge in [-0.15, -0.1) is 0 Å². The second kappa shape index (κ2) is 2.83. The summed E-state index contributed by atoms with van der Waals surface area (Å²) in [7, 11) is 0. The van der Waals surface area contributed by atoms with Crippen LogP contribution in [0.15, 0.2) is 23.3 Å². The molecule has 0 saturated carbocycles. The SMILES string of the molecule is C1=Cc2ccc3[se]cnc3c2CC1. The van der Waals surface area contributed by atoms with Crippen LogP contribution in [-0.4, -0.2) is 19.5 Å². The molecule has 2 aromatic rings.